The first-order valence-electron chi connectivity index (χ1n) is 5.37. The molecular weight excluding hydrogens is 290 g/mol. The van der Waals surface area contributed by atoms with Gasteiger partial charge in [0.15, 0.2) is 15.0 Å². The number of amidine groups is 1. The molecule has 96 valence electrons. The second-order valence-corrected chi connectivity index (χ2v) is 8.57. The normalized spacial score (nSPS) is 30.2. The number of hydrazone groups is 1. The monoisotopic (exact) mass is 301 g/mol. The summed E-state index contributed by atoms with van der Waals surface area (Å²) in [6.45, 7) is 0. The van der Waals surface area contributed by atoms with Crippen LogP contribution in [0.4, 0.5) is 0 Å². The van der Waals surface area contributed by atoms with Gasteiger partial charge in [0.25, 0.3) is 0 Å². The van der Waals surface area contributed by atoms with Crippen molar-refractivity contribution in [3.8, 4) is 0 Å². The summed E-state index contributed by atoms with van der Waals surface area (Å²) in [4.78, 5) is 0.997. The van der Waals surface area contributed by atoms with Gasteiger partial charge < -0.3 is 0 Å². The fourth-order valence-corrected chi connectivity index (χ4v) is 6.40. The first kappa shape index (κ1) is 12.2. The van der Waals surface area contributed by atoms with Gasteiger partial charge in [-0.3, -0.25) is 5.41 Å². The number of sulfone groups is 1. The summed E-state index contributed by atoms with van der Waals surface area (Å²) in [5, 5.41) is 15.9. The Bertz CT molecular complexity index is 594. The van der Waals surface area contributed by atoms with Crippen molar-refractivity contribution >= 4 is 44.3 Å². The van der Waals surface area contributed by atoms with E-state index in [1.54, 1.807) is 22.6 Å². The van der Waals surface area contributed by atoms with E-state index in [2.05, 4.69) is 5.10 Å². The van der Waals surface area contributed by atoms with Crippen molar-refractivity contribution in [3.63, 3.8) is 0 Å². The fourth-order valence-electron chi connectivity index (χ4n) is 2.11. The molecule has 0 aromatic carbocycles. The summed E-state index contributed by atoms with van der Waals surface area (Å²) in [6, 6.07) is 3.69. The number of thiophene rings is 1. The number of hydrogen-bond acceptors (Lipinski definition) is 6. The number of nitrogens with zero attached hydrogens (tertiary/aromatic N) is 2. The maximum Gasteiger partial charge on any atom is 0.177 e. The predicted octanol–water partition coefficient (Wildman–Crippen LogP) is 1.23. The van der Waals surface area contributed by atoms with E-state index in [4.69, 9.17) is 5.41 Å². The van der Waals surface area contributed by atoms with Gasteiger partial charge in [0.2, 0.25) is 0 Å². The zero-order chi connectivity index (χ0) is 12.8. The first-order valence-corrected chi connectivity index (χ1v) is 8.95. The van der Waals surface area contributed by atoms with Gasteiger partial charge in [0.1, 0.15) is 0 Å². The third kappa shape index (κ3) is 2.19. The molecule has 2 aliphatic heterocycles. The van der Waals surface area contributed by atoms with Crippen molar-refractivity contribution in [2.45, 2.75) is 11.3 Å². The molecule has 0 radical (unpaired) electrons. The van der Waals surface area contributed by atoms with Gasteiger partial charge in [-0.05, 0) is 11.4 Å². The second-order valence-electron chi connectivity index (χ2n) is 4.21. The molecule has 0 spiro atoms. The minimum atomic E-state index is -2.96. The molecule has 2 saturated heterocycles. The van der Waals surface area contributed by atoms with Gasteiger partial charge in [0.05, 0.1) is 23.8 Å². The molecular formula is C10H11N3O2S3. The van der Waals surface area contributed by atoms with Crippen LogP contribution in [0.15, 0.2) is 22.6 Å². The molecule has 0 aliphatic carbocycles. The quantitative estimate of drug-likeness (QED) is 0.834. The van der Waals surface area contributed by atoms with Crippen molar-refractivity contribution in [3.05, 3.63) is 22.4 Å². The van der Waals surface area contributed by atoms with Crippen molar-refractivity contribution < 1.29 is 8.42 Å². The molecule has 2 unspecified atom stereocenters. The number of hydrogen-bond donors (Lipinski definition) is 1. The van der Waals surface area contributed by atoms with Crippen LogP contribution in [0.25, 0.3) is 0 Å². The lowest BCUT2D eigenvalue weighted by Gasteiger charge is -2.16. The minimum Gasteiger partial charge on any atom is -0.277 e. The molecule has 1 N–H and O–H groups in total. The Morgan fingerprint density at radius 2 is 2.33 bits per heavy atom. The Hall–Kier alpha value is -0.860. The van der Waals surface area contributed by atoms with E-state index in [1.807, 2.05) is 17.5 Å². The van der Waals surface area contributed by atoms with Crippen LogP contribution >= 0.6 is 23.1 Å². The highest BCUT2D eigenvalue weighted by atomic mass is 32.2. The van der Waals surface area contributed by atoms with Crippen LogP contribution in [0.1, 0.15) is 4.88 Å². The summed E-state index contributed by atoms with van der Waals surface area (Å²) < 4.78 is 23.1. The average Bonchev–Trinajstić information content (AvgIpc) is 2.92. The smallest absolute Gasteiger partial charge is 0.177 e. The maximum absolute atomic E-state index is 11.6. The van der Waals surface area contributed by atoms with Gasteiger partial charge in [-0.2, -0.15) is 5.10 Å². The molecule has 3 heterocycles. The van der Waals surface area contributed by atoms with Gasteiger partial charge in [-0.15, -0.1) is 11.3 Å². The lowest BCUT2D eigenvalue weighted by Crippen LogP contribution is -2.32. The Balaban J connectivity index is 1.81. The lowest BCUT2D eigenvalue weighted by molar-refractivity contribution is 0.376. The fraction of sp³-hybridized carbons (Fsp3) is 0.400. The van der Waals surface area contributed by atoms with E-state index in [9.17, 15) is 8.42 Å². The van der Waals surface area contributed by atoms with Crippen molar-refractivity contribution in [2.24, 2.45) is 5.10 Å². The van der Waals surface area contributed by atoms with Crippen molar-refractivity contribution in [2.75, 3.05) is 11.5 Å². The number of rotatable bonds is 2. The van der Waals surface area contributed by atoms with E-state index in [-0.39, 0.29) is 22.8 Å². The molecule has 1 aromatic rings. The summed E-state index contributed by atoms with van der Waals surface area (Å²) in [5.41, 5.74) is 0. The van der Waals surface area contributed by atoms with Crippen molar-refractivity contribution in [1.82, 2.24) is 5.01 Å². The van der Waals surface area contributed by atoms with E-state index >= 15 is 0 Å². The molecule has 0 bridgehead atoms. The van der Waals surface area contributed by atoms with Crippen molar-refractivity contribution in [1.29, 1.82) is 5.41 Å². The number of fused-ring (bicyclic) bond motifs is 1. The van der Waals surface area contributed by atoms with Crippen LogP contribution in [-0.4, -0.2) is 47.6 Å². The Kier molecular flexibility index (Phi) is 2.95. The van der Waals surface area contributed by atoms with Gasteiger partial charge in [0, 0.05) is 10.1 Å². The zero-order valence-electron chi connectivity index (χ0n) is 9.31. The maximum atomic E-state index is 11.6. The summed E-state index contributed by atoms with van der Waals surface area (Å²) >= 11 is 2.86. The molecule has 0 amide bonds. The van der Waals surface area contributed by atoms with Crippen LogP contribution in [0.2, 0.25) is 0 Å². The third-order valence-corrected chi connectivity index (χ3v) is 6.84. The molecule has 2 aliphatic rings. The third-order valence-electron chi connectivity index (χ3n) is 2.91. The molecule has 1 aromatic heterocycles. The Labute approximate surface area is 113 Å². The van der Waals surface area contributed by atoms with E-state index < -0.39 is 9.84 Å². The highest BCUT2D eigenvalue weighted by Crippen LogP contribution is 2.37. The number of thioether (sulfide) groups is 1. The standard InChI is InChI=1S/C10H11N3O2S3/c11-10-13(12-4-7-2-1-3-16-7)8-5-18(14,15)6-9(8)17-10/h1-4,8-9,11H,5-6H2. The largest absolute Gasteiger partial charge is 0.277 e. The minimum absolute atomic E-state index is 0.0389. The van der Waals surface area contributed by atoms with Gasteiger partial charge >= 0.3 is 0 Å². The Morgan fingerprint density at radius 3 is 3.06 bits per heavy atom. The van der Waals surface area contributed by atoms with Crippen LogP contribution in [0, 0.1) is 5.41 Å². The Morgan fingerprint density at radius 1 is 1.50 bits per heavy atom. The SMILES string of the molecule is N=C1SC2CS(=O)(=O)CC2N1N=Cc1cccs1. The molecule has 0 saturated carbocycles. The molecule has 2 atom stereocenters. The molecule has 8 heteroatoms. The highest BCUT2D eigenvalue weighted by molar-refractivity contribution is 8.15. The first-order chi connectivity index (χ1) is 8.55. The van der Waals surface area contributed by atoms with Gasteiger partial charge in [-0.25, -0.2) is 13.4 Å². The molecule has 5 nitrogen and oxygen atoms in total. The lowest BCUT2D eigenvalue weighted by atomic mass is 10.2. The highest BCUT2D eigenvalue weighted by Gasteiger charge is 2.48. The van der Waals surface area contributed by atoms with Crippen LogP contribution < -0.4 is 0 Å². The summed E-state index contributed by atoms with van der Waals surface area (Å²) in [7, 11) is -2.96. The van der Waals surface area contributed by atoms with Gasteiger partial charge in [-0.1, -0.05) is 17.8 Å². The summed E-state index contributed by atoms with van der Waals surface area (Å²) in [5.74, 6) is 0.268. The topological polar surface area (TPSA) is 73.6 Å². The number of nitrogens with one attached hydrogen (secondary N) is 1. The van der Waals surface area contributed by atoms with Crippen LogP contribution in [-0.2, 0) is 9.84 Å². The van der Waals surface area contributed by atoms with E-state index in [0.717, 1.165) is 4.88 Å². The predicted molar refractivity (Wildman–Crippen MR) is 75.3 cm³/mol. The van der Waals surface area contributed by atoms with Crippen LogP contribution in [0.3, 0.4) is 0 Å². The van der Waals surface area contributed by atoms with E-state index in [1.165, 1.54) is 11.8 Å². The second kappa shape index (κ2) is 4.36. The molecule has 3 rings (SSSR count). The van der Waals surface area contributed by atoms with E-state index in [0.29, 0.717) is 5.17 Å². The molecule has 18 heavy (non-hydrogen) atoms. The summed E-state index contributed by atoms with van der Waals surface area (Å²) in [6.07, 6.45) is 1.69. The van der Waals surface area contributed by atoms with Crippen LogP contribution in [0.5, 0.6) is 0 Å². The zero-order valence-corrected chi connectivity index (χ0v) is 11.8. The molecule has 2 fully saturated rings. The average molecular weight is 301 g/mol.